The quantitative estimate of drug-likeness (QED) is 0.397. The average molecular weight is 499 g/mol. The molecule has 0 fully saturated rings. The van der Waals surface area contributed by atoms with Crippen LogP contribution in [0, 0.1) is 0 Å². The van der Waals surface area contributed by atoms with E-state index in [0.29, 0.717) is 23.8 Å². The van der Waals surface area contributed by atoms with E-state index in [-0.39, 0.29) is 22.5 Å². The molecule has 3 rings (SSSR count). The van der Waals surface area contributed by atoms with E-state index in [1.165, 1.54) is 43.8 Å². The summed E-state index contributed by atoms with van der Waals surface area (Å²) < 4.78 is 38.9. The van der Waals surface area contributed by atoms with E-state index in [1.54, 1.807) is 0 Å². The maximum absolute atomic E-state index is 12.9. The molecule has 10 heteroatoms. The maximum atomic E-state index is 12.9. The predicted octanol–water partition coefficient (Wildman–Crippen LogP) is 4.60. The van der Waals surface area contributed by atoms with Crippen LogP contribution in [0.1, 0.15) is 45.1 Å². The van der Waals surface area contributed by atoms with Crippen molar-refractivity contribution in [2.45, 2.75) is 50.5 Å². The topological polar surface area (TPSA) is 120 Å². The minimum Gasteiger partial charge on any atom is -0.480 e. The van der Waals surface area contributed by atoms with Gasteiger partial charge >= 0.3 is 0 Å². The van der Waals surface area contributed by atoms with Gasteiger partial charge in [-0.15, -0.1) is 0 Å². The van der Waals surface area contributed by atoms with E-state index in [1.807, 2.05) is 31.2 Å². The minimum absolute atomic E-state index is 0.00558. The Kier molecular flexibility index (Phi) is 8.64. The number of anilines is 2. The summed E-state index contributed by atoms with van der Waals surface area (Å²) in [5.41, 5.74) is 1.51. The second kappa shape index (κ2) is 11.7. The van der Waals surface area contributed by atoms with Crippen molar-refractivity contribution < 1.29 is 22.7 Å². The second-order valence-electron chi connectivity index (χ2n) is 7.90. The molecule has 1 amide bonds. The summed E-state index contributed by atoms with van der Waals surface area (Å²) in [6, 6.07) is 13.5. The number of benzene rings is 2. The van der Waals surface area contributed by atoms with Gasteiger partial charge in [-0.25, -0.2) is 18.4 Å². The molecule has 0 aliphatic carbocycles. The molecule has 0 saturated carbocycles. The number of carbonyl (C=O) groups is 1. The molecule has 9 nitrogen and oxygen atoms in total. The first-order chi connectivity index (χ1) is 16.8. The Hall–Kier alpha value is -3.66. The molecule has 0 radical (unpaired) electrons. The number of para-hydroxylation sites is 1. The minimum atomic E-state index is -3.94. The first-order valence-electron chi connectivity index (χ1n) is 11.3. The molecule has 35 heavy (non-hydrogen) atoms. The fraction of sp³-hybridized carbons (Fsp3) is 0.320. The van der Waals surface area contributed by atoms with Gasteiger partial charge in [0, 0.05) is 18.1 Å². The van der Waals surface area contributed by atoms with Crippen LogP contribution in [0.2, 0.25) is 0 Å². The van der Waals surface area contributed by atoms with Crippen LogP contribution in [0.3, 0.4) is 0 Å². The molecule has 186 valence electrons. The highest BCUT2D eigenvalue weighted by Crippen LogP contribution is 2.30. The summed E-state index contributed by atoms with van der Waals surface area (Å²) in [4.78, 5) is 20.8. The van der Waals surface area contributed by atoms with Crippen molar-refractivity contribution in [1.29, 1.82) is 0 Å². The predicted molar refractivity (Wildman–Crippen MR) is 134 cm³/mol. The van der Waals surface area contributed by atoms with Crippen LogP contribution in [-0.2, 0) is 14.8 Å². The highest BCUT2D eigenvalue weighted by molar-refractivity contribution is 7.92. The number of hydrogen-bond donors (Lipinski definition) is 2. The van der Waals surface area contributed by atoms with Crippen molar-refractivity contribution in [3.05, 3.63) is 66.5 Å². The van der Waals surface area contributed by atoms with Gasteiger partial charge in [-0.1, -0.05) is 39.0 Å². The van der Waals surface area contributed by atoms with Crippen molar-refractivity contribution in [2.24, 2.45) is 0 Å². The number of amides is 1. The highest BCUT2D eigenvalue weighted by atomic mass is 32.2. The first kappa shape index (κ1) is 26.0. The molecule has 2 atom stereocenters. The van der Waals surface area contributed by atoms with Gasteiger partial charge in [-0.2, -0.15) is 0 Å². The van der Waals surface area contributed by atoms with Crippen LogP contribution in [0.25, 0.3) is 0 Å². The normalized spacial score (nSPS) is 12.9. The third-order valence-corrected chi connectivity index (χ3v) is 6.87. The Balaban J connectivity index is 1.70. The van der Waals surface area contributed by atoms with Crippen LogP contribution < -0.4 is 19.5 Å². The maximum Gasteiger partial charge on any atom is 0.265 e. The SMILES string of the molecule is CCC(Oc1ccccc1C(C)CC)C(=O)Nc1ccc(S(=O)(=O)Nc2nccnc2OC)cc1. The van der Waals surface area contributed by atoms with Gasteiger partial charge in [0.25, 0.3) is 21.8 Å². The highest BCUT2D eigenvalue weighted by Gasteiger charge is 2.22. The fourth-order valence-electron chi connectivity index (χ4n) is 3.36. The molecule has 0 aliphatic heterocycles. The van der Waals surface area contributed by atoms with Crippen molar-refractivity contribution in [3.8, 4) is 11.6 Å². The number of nitrogens with zero attached hydrogens (tertiary/aromatic N) is 2. The van der Waals surface area contributed by atoms with Crippen molar-refractivity contribution in [1.82, 2.24) is 9.97 Å². The molecule has 2 N–H and O–H groups in total. The lowest BCUT2D eigenvalue weighted by molar-refractivity contribution is -0.122. The standard InChI is InChI=1S/C25H30N4O5S/c1-5-17(3)20-9-7-8-10-22(20)34-21(6-2)24(30)28-18-11-13-19(14-12-18)35(31,32)29-23-25(33-4)27-16-15-26-23/h7-17,21H,5-6H2,1-4H3,(H,26,29)(H,28,30). The Bertz CT molecular complexity index is 1250. The number of rotatable bonds is 11. The van der Waals surface area contributed by atoms with Crippen molar-refractivity contribution in [3.63, 3.8) is 0 Å². The largest absolute Gasteiger partial charge is 0.480 e. The van der Waals surface area contributed by atoms with Gasteiger partial charge in [0.05, 0.1) is 12.0 Å². The van der Waals surface area contributed by atoms with Gasteiger partial charge in [0.1, 0.15) is 5.75 Å². The lowest BCUT2D eigenvalue weighted by Gasteiger charge is -2.21. The third-order valence-electron chi connectivity index (χ3n) is 5.52. The molecule has 0 saturated heterocycles. The van der Waals surface area contributed by atoms with E-state index >= 15 is 0 Å². The number of hydrogen-bond acceptors (Lipinski definition) is 7. The molecule has 1 aromatic heterocycles. The van der Waals surface area contributed by atoms with Crippen LogP contribution in [0.15, 0.2) is 65.8 Å². The van der Waals surface area contributed by atoms with E-state index in [2.05, 4.69) is 33.9 Å². The summed E-state index contributed by atoms with van der Waals surface area (Å²) in [5.74, 6) is 0.713. The summed E-state index contributed by atoms with van der Waals surface area (Å²) >= 11 is 0. The monoisotopic (exact) mass is 498 g/mol. The smallest absolute Gasteiger partial charge is 0.265 e. The Labute approximate surface area is 206 Å². The Morgan fingerprint density at radius 1 is 1.00 bits per heavy atom. The number of nitrogens with one attached hydrogen (secondary N) is 2. The number of methoxy groups -OCH3 is 1. The zero-order chi connectivity index (χ0) is 25.4. The molecule has 1 heterocycles. The second-order valence-corrected chi connectivity index (χ2v) is 9.58. The van der Waals surface area contributed by atoms with Gasteiger partial charge in [0.2, 0.25) is 5.82 Å². The van der Waals surface area contributed by atoms with Gasteiger partial charge < -0.3 is 14.8 Å². The van der Waals surface area contributed by atoms with Crippen molar-refractivity contribution >= 4 is 27.4 Å². The van der Waals surface area contributed by atoms with Crippen LogP contribution in [0.4, 0.5) is 11.5 Å². The van der Waals surface area contributed by atoms with E-state index in [9.17, 15) is 13.2 Å². The van der Waals surface area contributed by atoms with Crippen LogP contribution in [-0.4, -0.2) is 37.5 Å². The summed E-state index contributed by atoms with van der Waals surface area (Å²) in [7, 11) is -2.57. The number of sulfonamides is 1. The number of carbonyl (C=O) groups excluding carboxylic acids is 1. The van der Waals surface area contributed by atoms with E-state index in [4.69, 9.17) is 9.47 Å². The molecular weight excluding hydrogens is 468 g/mol. The fourth-order valence-corrected chi connectivity index (χ4v) is 4.37. The first-order valence-corrected chi connectivity index (χ1v) is 12.8. The third kappa shape index (κ3) is 6.48. The number of ether oxygens (including phenoxy) is 2. The number of aromatic nitrogens is 2. The molecule has 2 aromatic carbocycles. The van der Waals surface area contributed by atoms with Crippen LogP contribution >= 0.6 is 0 Å². The zero-order valence-electron chi connectivity index (χ0n) is 20.2. The van der Waals surface area contributed by atoms with Crippen molar-refractivity contribution in [2.75, 3.05) is 17.1 Å². The molecule has 3 aromatic rings. The lowest BCUT2D eigenvalue weighted by atomic mass is 9.98. The molecule has 2 unspecified atom stereocenters. The molecule has 0 aliphatic rings. The van der Waals surface area contributed by atoms with Gasteiger partial charge in [0.15, 0.2) is 6.10 Å². The Morgan fingerprint density at radius 3 is 2.34 bits per heavy atom. The lowest BCUT2D eigenvalue weighted by Crippen LogP contribution is -2.32. The molecular formula is C25H30N4O5S. The molecule has 0 bridgehead atoms. The summed E-state index contributed by atoms with van der Waals surface area (Å²) in [6.45, 7) is 6.10. The van der Waals surface area contributed by atoms with Gasteiger partial charge in [-0.3, -0.25) is 9.52 Å². The van der Waals surface area contributed by atoms with E-state index in [0.717, 1.165) is 12.0 Å². The van der Waals surface area contributed by atoms with Gasteiger partial charge in [-0.05, 0) is 54.7 Å². The molecule has 0 spiro atoms. The zero-order valence-corrected chi connectivity index (χ0v) is 21.0. The average Bonchev–Trinajstić information content (AvgIpc) is 2.87. The summed E-state index contributed by atoms with van der Waals surface area (Å²) in [5, 5.41) is 2.80. The van der Waals surface area contributed by atoms with Crippen LogP contribution in [0.5, 0.6) is 11.6 Å². The summed E-state index contributed by atoms with van der Waals surface area (Å²) in [6.07, 6.45) is 3.47. The van der Waals surface area contributed by atoms with E-state index < -0.39 is 16.1 Å². The Morgan fingerprint density at radius 2 is 1.69 bits per heavy atom.